The summed E-state index contributed by atoms with van der Waals surface area (Å²) in [6.07, 6.45) is 2.23. The fraction of sp³-hybridized carbons (Fsp3) is 0.591. The molecule has 1 saturated carbocycles. The minimum Gasteiger partial charge on any atom is -0.396 e. The maximum Gasteiger partial charge on any atom is 0.416 e. The van der Waals surface area contributed by atoms with E-state index in [0.717, 1.165) is 57.3 Å². The number of carbonyl (C=O) groups is 1. The number of benzene rings is 1. The molecule has 2 aliphatic rings. The van der Waals surface area contributed by atoms with Gasteiger partial charge in [0.05, 0.1) is 23.7 Å². The number of nitrogens with zero attached hydrogens (tertiary/aromatic N) is 3. The summed E-state index contributed by atoms with van der Waals surface area (Å²) in [6, 6.07) is 3.90. The molecule has 1 amide bonds. The molecule has 1 aromatic carbocycles. The van der Waals surface area contributed by atoms with Gasteiger partial charge in [0.2, 0.25) is 5.91 Å². The minimum atomic E-state index is -4.47. The molecule has 0 unspecified atom stereocenters. The van der Waals surface area contributed by atoms with Crippen molar-refractivity contribution in [3.63, 3.8) is 0 Å². The molecule has 3 N–H and O–H groups in total. The molecule has 4 rings (SSSR count). The fourth-order valence-electron chi connectivity index (χ4n) is 4.70. The molecule has 0 spiro atoms. The number of amides is 1. The summed E-state index contributed by atoms with van der Waals surface area (Å²) in [5, 5.41) is 15.1. The highest BCUT2D eigenvalue weighted by Crippen LogP contribution is 2.33. The van der Waals surface area contributed by atoms with Crippen molar-refractivity contribution in [3.8, 4) is 0 Å². The molecule has 2 aromatic rings. The number of hydrogen-bond acceptors (Lipinski definition) is 6. The van der Waals surface area contributed by atoms with E-state index in [9.17, 15) is 18.0 Å². The van der Waals surface area contributed by atoms with Crippen LogP contribution in [0.1, 0.15) is 37.7 Å². The topological polar surface area (TPSA) is 90.4 Å². The van der Waals surface area contributed by atoms with Crippen LogP contribution in [0.4, 0.5) is 19.0 Å². The fourth-order valence-corrected chi connectivity index (χ4v) is 4.70. The Hall–Kier alpha value is -2.46. The standard InChI is InChI=1S/C22H28F3N5O2/c23-22(24,25)15-3-6-19-18(9-15)21(28-13-27-19)26-10-20(32)29-16-11-30(12-16)17-4-1-14(2-5-17)7-8-31/h3,6,9,13-14,16-17,31H,1-2,4-5,7-8,10-12H2,(H,29,32)(H,26,27,28). The molecule has 1 aliphatic carbocycles. The second kappa shape index (κ2) is 9.58. The maximum absolute atomic E-state index is 13.0. The molecule has 10 heteroatoms. The lowest BCUT2D eigenvalue weighted by Crippen LogP contribution is -2.63. The summed E-state index contributed by atoms with van der Waals surface area (Å²) in [4.78, 5) is 22.7. The van der Waals surface area contributed by atoms with Crippen LogP contribution in [0, 0.1) is 5.92 Å². The molecule has 2 heterocycles. The van der Waals surface area contributed by atoms with Crippen LogP contribution in [0.5, 0.6) is 0 Å². The van der Waals surface area contributed by atoms with E-state index >= 15 is 0 Å². The molecular weight excluding hydrogens is 423 g/mol. The van der Waals surface area contributed by atoms with Gasteiger partial charge in [-0.3, -0.25) is 9.69 Å². The van der Waals surface area contributed by atoms with Crippen LogP contribution in [-0.2, 0) is 11.0 Å². The van der Waals surface area contributed by atoms with Crippen molar-refractivity contribution in [3.05, 3.63) is 30.1 Å². The second-order valence-corrected chi connectivity index (χ2v) is 8.71. The third-order valence-electron chi connectivity index (χ3n) is 6.52. The van der Waals surface area contributed by atoms with Crippen LogP contribution in [0.3, 0.4) is 0 Å². The second-order valence-electron chi connectivity index (χ2n) is 8.71. The van der Waals surface area contributed by atoms with Crippen molar-refractivity contribution in [2.75, 3.05) is 31.6 Å². The van der Waals surface area contributed by atoms with Gasteiger partial charge in [0.15, 0.2) is 0 Å². The Morgan fingerprint density at radius 3 is 2.59 bits per heavy atom. The monoisotopic (exact) mass is 451 g/mol. The molecule has 7 nitrogen and oxygen atoms in total. The van der Waals surface area contributed by atoms with Crippen molar-refractivity contribution < 1.29 is 23.1 Å². The number of aromatic nitrogens is 2. The van der Waals surface area contributed by atoms with Crippen molar-refractivity contribution in [2.45, 2.75) is 50.4 Å². The van der Waals surface area contributed by atoms with Crippen molar-refractivity contribution in [1.82, 2.24) is 20.2 Å². The molecule has 1 saturated heterocycles. The summed E-state index contributed by atoms with van der Waals surface area (Å²) in [7, 11) is 0. The third-order valence-corrected chi connectivity index (χ3v) is 6.52. The van der Waals surface area contributed by atoms with E-state index in [1.807, 2.05) is 0 Å². The van der Waals surface area contributed by atoms with Crippen molar-refractivity contribution >= 4 is 22.6 Å². The Morgan fingerprint density at radius 2 is 1.91 bits per heavy atom. The zero-order chi connectivity index (χ0) is 22.7. The number of aliphatic hydroxyl groups excluding tert-OH is 1. The van der Waals surface area contributed by atoms with E-state index in [0.29, 0.717) is 17.5 Å². The van der Waals surface area contributed by atoms with Gasteiger partial charge in [-0.25, -0.2) is 9.97 Å². The van der Waals surface area contributed by atoms with Crippen LogP contribution >= 0.6 is 0 Å². The van der Waals surface area contributed by atoms with Gasteiger partial charge >= 0.3 is 6.18 Å². The third kappa shape index (κ3) is 5.29. The number of halogens is 3. The van der Waals surface area contributed by atoms with Crippen LogP contribution in [0.2, 0.25) is 0 Å². The van der Waals surface area contributed by atoms with E-state index in [4.69, 9.17) is 5.11 Å². The van der Waals surface area contributed by atoms with E-state index in [1.54, 1.807) is 0 Å². The van der Waals surface area contributed by atoms with Gasteiger partial charge in [0, 0.05) is 31.1 Å². The number of rotatable bonds is 7. The number of alkyl halides is 3. The molecule has 32 heavy (non-hydrogen) atoms. The lowest BCUT2D eigenvalue weighted by Gasteiger charge is -2.46. The lowest BCUT2D eigenvalue weighted by atomic mass is 9.82. The minimum absolute atomic E-state index is 0.0782. The molecule has 1 aromatic heterocycles. The predicted molar refractivity (Wildman–Crippen MR) is 114 cm³/mol. The largest absolute Gasteiger partial charge is 0.416 e. The van der Waals surface area contributed by atoms with Gasteiger partial charge in [-0.1, -0.05) is 0 Å². The molecule has 0 bridgehead atoms. The van der Waals surface area contributed by atoms with Gasteiger partial charge in [0.1, 0.15) is 12.1 Å². The zero-order valence-corrected chi connectivity index (χ0v) is 17.7. The molecule has 174 valence electrons. The molecule has 0 atom stereocenters. The smallest absolute Gasteiger partial charge is 0.396 e. The SMILES string of the molecule is O=C(CNc1ncnc2ccc(C(F)(F)F)cc12)NC1CN(C2CCC(CCO)CC2)C1. The van der Waals surface area contributed by atoms with Gasteiger partial charge in [0.25, 0.3) is 0 Å². The molecule has 2 fully saturated rings. The zero-order valence-electron chi connectivity index (χ0n) is 17.7. The Bertz CT molecular complexity index is 941. The van der Waals surface area contributed by atoms with Crippen LogP contribution in [0.25, 0.3) is 10.9 Å². The predicted octanol–water partition coefficient (Wildman–Crippen LogP) is 2.80. The molecule has 1 aliphatic heterocycles. The highest BCUT2D eigenvalue weighted by atomic mass is 19.4. The number of carbonyl (C=O) groups excluding carboxylic acids is 1. The van der Waals surface area contributed by atoms with Gasteiger partial charge in [-0.2, -0.15) is 13.2 Å². The number of fused-ring (bicyclic) bond motifs is 1. The normalized spacial score (nSPS) is 22.5. The first-order chi connectivity index (χ1) is 15.3. The number of likely N-dealkylation sites (tertiary alicyclic amines) is 1. The van der Waals surface area contributed by atoms with E-state index in [2.05, 4.69) is 25.5 Å². The summed E-state index contributed by atoms with van der Waals surface area (Å²) in [5.74, 6) is 0.607. The number of anilines is 1. The van der Waals surface area contributed by atoms with Gasteiger partial charge < -0.3 is 15.7 Å². The first kappa shape index (κ1) is 22.7. The van der Waals surface area contributed by atoms with E-state index in [-0.39, 0.29) is 36.3 Å². The molecular formula is C22H28F3N5O2. The van der Waals surface area contributed by atoms with E-state index in [1.165, 1.54) is 12.4 Å². The first-order valence-electron chi connectivity index (χ1n) is 11.0. The average Bonchev–Trinajstić information content (AvgIpc) is 2.74. The Morgan fingerprint density at radius 1 is 1.16 bits per heavy atom. The Kier molecular flexibility index (Phi) is 6.80. The van der Waals surface area contributed by atoms with Crippen molar-refractivity contribution in [1.29, 1.82) is 0 Å². The van der Waals surface area contributed by atoms with Crippen LogP contribution < -0.4 is 10.6 Å². The van der Waals surface area contributed by atoms with Crippen LogP contribution in [-0.4, -0.2) is 64.2 Å². The van der Waals surface area contributed by atoms with Gasteiger partial charge in [-0.05, 0) is 56.2 Å². The number of nitrogens with one attached hydrogen (secondary N) is 2. The Balaban J connectivity index is 1.25. The van der Waals surface area contributed by atoms with Crippen LogP contribution in [0.15, 0.2) is 24.5 Å². The summed E-state index contributed by atoms with van der Waals surface area (Å²) >= 11 is 0. The van der Waals surface area contributed by atoms with E-state index < -0.39 is 11.7 Å². The first-order valence-corrected chi connectivity index (χ1v) is 11.0. The Labute approximate surface area is 184 Å². The van der Waals surface area contributed by atoms with Crippen molar-refractivity contribution in [2.24, 2.45) is 5.92 Å². The summed E-state index contributed by atoms with van der Waals surface area (Å²) in [5.41, 5.74) is -0.411. The number of hydrogen-bond donors (Lipinski definition) is 3. The highest BCUT2D eigenvalue weighted by Gasteiger charge is 2.35. The average molecular weight is 451 g/mol. The summed E-state index contributed by atoms with van der Waals surface area (Å²) in [6.45, 7) is 1.81. The maximum atomic E-state index is 13.0. The van der Waals surface area contributed by atoms with Gasteiger partial charge in [-0.15, -0.1) is 0 Å². The summed E-state index contributed by atoms with van der Waals surface area (Å²) < 4.78 is 39.1. The molecule has 0 radical (unpaired) electrons. The quantitative estimate of drug-likeness (QED) is 0.600. The highest BCUT2D eigenvalue weighted by molar-refractivity contribution is 5.91. The lowest BCUT2D eigenvalue weighted by molar-refractivity contribution is -0.137. The number of aliphatic hydroxyl groups is 1.